The first-order chi connectivity index (χ1) is 6.74. The van der Waals surface area contributed by atoms with E-state index in [1.807, 2.05) is 25.1 Å². The highest BCUT2D eigenvalue weighted by molar-refractivity contribution is 6.18. The van der Waals surface area contributed by atoms with Crippen LogP contribution in [-0.2, 0) is 0 Å². The van der Waals surface area contributed by atoms with Gasteiger partial charge in [-0.1, -0.05) is 6.07 Å². The van der Waals surface area contributed by atoms with Crippen molar-refractivity contribution in [2.24, 2.45) is 5.41 Å². The van der Waals surface area contributed by atoms with Crippen LogP contribution in [0.1, 0.15) is 18.5 Å². The Kier molecular flexibility index (Phi) is 2.64. The first-order valence-corrected chi connectivity index (χ1v) is 5.51. The summed E-state index contributed by atoms with van der Waals surface area (Å²) in [4.78, 5) is 4.38. The van der Waals surface area contributed by atoms with Crippen molar-refractivity contribution in [2.75, 3.05) is 17.7 Å². The number of nitrogens with zero attached hydrogens (tertiary/aromatic N) is 1. The van der Waals surface area contributed by atoms with Gasteiger partial charge in [0.1, 0.15) is 5.82 Å². The zero-order chi connectivity index (χ0) is 10.0. The van der Waals surface area contributed by atoms with E-state index >= 15 is 0 Å². The Morgan fingerprint density at radius 1 is 1.50 bits per heavy atom. The quantitative estimate of drug-likeness (QED) is 0.774. The van der Waals surface area contributed by atoms with Crippen molar-refractivity contribution in [3.63, 3.8) is 0 Å². The Morgan fingerprint density at radius 3 is 2.86 bits per heavy atom. The summed E-state index contributed by atoms with van der Waals surface area (Å²) < 4.78 is 0. The molecule has 1 aromatic heterocycles. The lowest BCUT2D eigenvalue weighted by Crippen LogP contribution is -2.17. The Labute approximate surface area is 89.7 Å². The fraction of sp³-hybridized carbons (Fsp3) is 0.545. The lowest BCUT2D eigenvalue weighted by Gasteiger charge is -2.12. The molecule has 1 saturated carbocycles. The van der Waals surface area contributed by atoms with Crippen LogP contribution < -0.4 is 5.32 Å². The first-order valence-electron chi connectivity index (χ1n) is 4.98. The molecule has 0 radical (unpaired) electrons. The summed E-state index contributed by atoms with van der Waals surface area (Å²) in [6.07, 6.45) is 2.49. The van der Waals surface area contributed by atoms with Gasteiger partial charge in [-0.25, -0.2) is 4.98 Å². The van der Waals surface area contributed by atoms with Crippen LogP contribution >= 0.6 is 11.6 Å². The lowest BCUT2D eigenvalue weighted by molar-refractivity contribution is 0.617. The van der Waals surface area contributed by atoms with Crippen LogP contribution in [0.3, 0.4) is 0 Å². The van der Waals surface area contributed by atoms with E-state index in [2.05, 4.69) is 10.3 Å². The molecule has 76 valence electrons. The van der Waals surface area contributed by atoms with Crippen LogP contribution in [0.2, 0.25) is 0 Å². The number of pyridine rings is 1. The molecule has 1 aliphatic rings. The number of alkyl halides is 1. The van der Waals surface area contributed by atoms with Crippen molar-refractivity contribution >= 4 is 17.4 Å². The molecule has 1 fully saturated rings. The summed E-state index contributed by atoms with van der Waals surface area (Å²) in [7, 11) is 0. The molecule has 0 atom stereocenters. The first kappa shape index (κ1) is 9.78. The average Bonchev–Trinajstić information content (AvgIpc) is 2.96. The van der Waals surface area contributed by atoms with E-state index in [1.54, 1.807) is 0 Å². The third-order valence-electron chi connectivity index (χ3n) is 2.77. The summed E-state index contributed by atoms with van der Waals surface area (Å²) in [5.41, 5.74) is 1.40. The zero-order valence-electron chi connectivity index (χ0n) is 8.39. The lowest BCUT2D eigenvalue weighted by atomic mass is 10.1. The van der Waals surface area contributed by atoms with Crippen molar-refractivity contribution in [2.45, 2.75) is 19.8 Å². The molecular weight excluding hydrogens is 196 g/mol. The smallest absolute Gasteiger partial charge is 0.126 e. The maximum atomic E-state index is 5.89. The Hall–Kier alpha value is -0.760. The third kappa shape index (κ3) is 2.18. The Bertz CT molecular complexity index is 321. The number of anilines is 1. The molecular formula is C11H15ClN2. The summed E-state index contributed by atoms with van der Waals surface area (Å²) in [6.45, 7) is 2.95. The van der Waals surface area contributed by atoms with Gasteiger partial charge in [-0.05, 0) is 31.9 Å². The summed E-state index contributed by atoms with van der Waals surface area (Å²) in [5, 5.41) is 3.34. The van der Waals surface area contributed by atoms with E-state index < -0.39 is 0 Å². The van der Waals surface area contributed by atoms with Gasteiger partial charge < -0.3 is 5.32 Å². The molecule has 14 heavy (non-hydrogen) atoms. The van der Waals surface area contributed by atoms with E-state index in [1.165, 1.54) is 12.8 Å². The van der Waals surface area contributed by atoms with Crippen molar-refractivity contribution < 1.29 is 0 Å². The molecule has 0 spiro atoms. The second-order valence-corrected chi connectivity index (χ2v) is 4.42. The van der Waals surface area contributed by atoms with Crippen LogP contribution in [0.5, 0.6) is 0 Å². The predicted octanol–water partition coefficient (Wildman–Crippen LogP) is 2.82. The third-order valence-corrected chi connectivity index (χ3v) is 3.34. The normalized spacial score (nSPS) is 17.9. The Morgan fingerprint density at radius 2 is 2.29 bits per heavy atom. The number of hydrogen-bond acceptors (Lipinski definition) is 2. The minimum atomic E-state index is 0.354. The van der Waals surface area contributed by atoms with Crippen molar-refractivity contribution in [1.82, 2.24) is 4.98 Å². The molecule has 0 aromatic carbocycles. The van der Waals surface area contributed by atoms with E-state index in [0.29, 0.717) is 5.41 Å². The molecule has 1 N–H and O–H groups in total. The largest absolute Gasteiger partial charge is 0.369 e. The van der Waals surface area contributed by atoms with Gasteiger partial charge in [0, 0.05) is 23.5 Å². The predicted molar refractivity (Wildman–Crippen MR) is 59.9 cm³/mol. The average molecular weight is 211 g/mol. The van der Waals surface area contributed by atoms with Crippen LogP contribution in [0.15, 0.2) is 18.2 Å². The standard InChI is InChI=1S/C11H15ClN2/c1-9-3-2-4-10(14-9)13-8-11(7-12)5-6-11/h2-4H,5-8H2,1H3,(H,13,14). The van der Waals surface area contributed by atoms with Gasteiger partial charge in [0.05, 0.1) is 0 Å². The van der Waals surface area contributed by atoms with Gasteiger partial charge in [-0.15, -0.1) is 11.6 Å². The molecule has 0 unspecified atom stereocenters. The van der Waals surface area contributed by atoms with Crippen molar-refractivity contribution in [3.8, 4) is 0 Å². The van der Waals surface area contributed by atoms with Crippen LogP contribution in [0.25, 0.3) is 0 Å². The number of nitrogens with one attached hydrogen (secondary N) is 1. The summed E-state index contributed by atoms with van der Waals surface area (Å²) >= 11 is 5.89. The molecule has 3 heteroatoms. The van der Waals surface area contributed by atoms with Crippen molar-refractivity contribution in [1.29, 1.82) is 0 Å². The molecule has 2 rings (SSSR count). The molecule has 0 saturated heterocycles. The van der Waals surface area contributed by atoms with Gasteiger partial charge in [-0.3, -0.25) is 0 Å². The minimum absolute atomic E-state index is 0.354. The number of rotatable bonds is 4. The van der Waals surface area contributed by atoms with E-state index in [0.717, 1.165) is 23.9 Å². The topological polar surface area (TPSA) is 24.9 Å². The molecule has 1 aliphatic carbocycles. The van der Waals surface area contributed by atoms with E-state index in [4.69, 9.17) is 11.6 Å². The minimum Gasteiger partial charge on any atom is -0.369 e. The summed E-state index contributed by atoms with van der Waals surface area (Å²) in [5.74, 6) is 1.72. The van der Waals surface area contributed by atoms with E-state index in [-0.39, 0.29) is 0 Å². The SMILES string of the molecule is Cc1cccc(NCC2(CCl)CC2)n1. The van der Waals surface area contributed by atoms with E-state index in [9.17, 15) is 0 Å². The number of aromatic nitrogens is 1. The number of aryl methyl sites for hydroxylation is 1. The van der Waals surface area contributed by atoms with Gasteiger partial charge in [0.25, 0.3) is 0 Å². The fourth-order valence-electron chi connectivity index (χ4n) is 1.45. The molecule has 1 heterocycles. The maximum absolute atomic E-state index is 5.89. The molecule has 0 bridgehead atoms. The molecule has 0 aliphatic heterocycles. The molecule has 2 nitrogen and oxygen atoms in total. The highest BCUT2D eigenvalue weighted by Gasteiger charge is 2.41. The van der Waals surface area contributed by atoms with Crippen LogP contribution in [0.4, 0.5) is 5.82 Å². The second-order valence-electron chi connectivity index (χ2n) is 4.15. The van der Waals surface area contributed by atoms with Gasteiger partial charge in [0.2, 0.25) is 0 Å². The monoisotopic (exact) mass is 210 g/mol. The molecule has 0 amide bonds. The number of hydrogen-bond donors (Lipinski definition) is 1. The highest BCUT2D eigenvalue weighted by Crippen LogP contribution is 2.46. The summed E-state index contributed by atoms with van der Waals surface area (Å²) in [6, 6.07) is 6.02. The van der Waals surface area contributed by atoms with Gasteiger partial charge >= 0.3 is 0 Å². The number of halogens is 1. The van der Waals surface area contributed by atoms with Crippen LogP contribution in [-0.4, -0.2) is 17.4 Å². The van der Waals surface area contributed by atoms with Gasteiger partial charge in [-0.2, -0.15) is 0 Å². The maximum Gasteiger partial charge on any atom is 0.126 e. The Balaban J connectivity index is 1.92. The second kappa shape index (κ2) is 3.77. The van der Waals surface area contributed by atoms with Gasteiger partial charge in [0.15, 0.2) is 0 Å². The highest BCUT2D eigenvalue weighted by atomic mass is 35.5. The van der Waals surface area contributed by atoms with Crippen LogP contribution in [0, 0.1) is 12.3 Å². The van der Waals surface area contributed by atoms with Crippen molar-refractivity contribution in [3.05, 3.63) is 23.9 Å². The zero-order valence-corrected chi connectivity index (χ0v) is 9.14. The molecule has 1 aromatic rings. The fourth-order valence-corrected chi connectivity index (χ4v) is 1.82.